The van der Waals surface area contributed by atoms with E-state index >= 15 is 0 Å². The average Bonchev–Trinajstić information content (AvgIpc) is 2.76. The molecule has 98 valence electrons. The highest BCUT2D eigenvalue weighted by Crippen LogP contribution is 2.35. The van der Waals surface area contributed by atoms with Gasteiger partial charge in [0, 0.05) is 0 Å². The van der Waals surface area contributed by atoms with Crippen molar-refractivity contribution < 1.29 is 15.0 Å². The lowest BCUT2D eigenvalue weighted by Gasteiger charge is -2.26. The first-order valence-electron chi connectivity index (χ1n) is 6.58. The van der Waals surface area contributed by atoms with E-state index in [9.17, 15) is 15.0 Å². The topological polar surface area (TPSA) is 57.5 Å². The largest absolute Gasteiger partial charge is 0.481 e. The molecule has 18 heavy (non-hydrogen) atoms. The van der Waals surface area contributed by atoms with Gasteiger partial charge in [-0.1, -0.05) is 43.2 Å². The maximum Gasteiger partial charge on any atom is 0.306 e. The Labute approximate surface area is 107 Å². The number of hydrogen-bond acceptors (Lipinski definition) is 2. The second kappa shape index (κ2) is 5.53. The lowest BCUT2D eigenvalue weighted by molar-refractivity contribution is -0.144. The molecule has 1 fully saturated rings. The van der Waals surface area contributed by atoms with Crippen LogP contribution in [0, 0.1) is 5.92 Å². The maximum atomic E-state index is 11.3. The van der Waals surface area contributed by atoms with Crippen LogP contribution in [0.25, 0.3) is 0 Å². The first-order valence-corrected chi connectivity index (χ1v) is 6.58. The van der Waals surface area contributed by atoms with E-state index in [1.54, 1.807) is 0 Å². The van der Waals surface area contributed by atoms with Gasteiger partial charge in [-0.05, 0) is 31.2 Å². The van der Waals surface area contributed by atoms with E-state index in [1.165, 1.54) is 0 Å². The third-order valence-corrected chi connectivity index (χ3v) is 3.83. The normalized spacial score (nSPS) is 19.6. The van der Waals surface area contributed by atoms with E-state index in [0.717, 1.165) is 31.2 Å². The summed E-state index contributed by atoms with van der Waals surface area (Å²) in [5.41, 5.74) is 0.268. The van der Waals surface area contributed by atoms with Crippen LogP contribution in [0.15, 0.2) is 30.3 Å². The maximum absolute atomic E-state index is 11.3. The van der Waals surface area contributed by atoms with Crippen molar-refractivity contribution in [3.05, 3.63) is 35.9 Å². The molecule has 2 N–H and O–H groups in total. The lowest BCUT2D eigenvalue weighted by Crippen LogP contribution is -2.32. The van der Waals surface area contributed by atoms with Crippen molar-refractivity contribution in [1.82, 2.24) is 0 Å². The Morgan fingerprint density at radius 3 is 2.39 bits per heavy atom. The molecule has 0 radical (unpaired) electrons. The molecule has 0 heterocycles. The molecule has 0 amide bonds. The fraction of sp³-hybridized carbons (Fsp3) is 0.533. The molecule has 0 spiro atoms. The Balaban J connectivity index is 2.02. The standard InChI is InChI=1S/C15H20O3/c16-14(17)13(10-12-6-2-1-3-7-12)11-15(18)8-4-5-9-15/h1-3,6-7,13,18H,4-5,8-11H2,(H,16,17). The summed E-state index contributed by atoms with van der Waals surface area (Å²) in [4.78, 5) is 11.3. The third-order valence-electron chi connectivity index (χ3n) is 3.83. The molecular weight excluding hydrogens is 228 g/mol. The van der Waals surface area contributed by atoms with Crippen LogP contribution in [0.4, 0.5) is 0 Å². The van der Waals surface area contributed by atoms with Crippen molar-refractivity contribution >= 4 is 5.97 Å². The van der Waals surface area contributed by atoms with E-state index in [0.29, 0.717) is 12.8 Å². The number of carbonyl (C=O) groups is 1. The summed E-state index contributed by atoms with van der Waals surface area (Å²) in [6.45, 7) is 0. The van der Waals surface area contributed by atoms with E-state index in [1.807, 2.05) is 30.3 Å². The van der Waals surface area contributed by atoms with E-state index < -0.39 is 17.5 Å². The molecule has 1 saturated carbocycles. The van der Waals surface area contributed by atoms with Gasteiger partial charge in [-0.25, -0.2) is 0 Å². The molecule has 3 nitrogen and oxygen atoms in total. The van der Waals surface area contributed by atoms with Gasteiger partial charge in [0.25, 0.3) is 0 Å². The summed E-state index contributed by atoms with van der Waals surface area (Å²) in [5, 5.41) is 19.6. The fourth-order valence-corrected chi connectivity index (χ4v) is 2.84. The molecule has 2 rings (SSSR count). The van der Waals surface area contributed by atoms with E-state index in [2.05, 4.69) is 0 Å². The summed E-state index contributed by atoms with van der Waals surface area (Å²) >= 11 is 0. The number of carboxylic acids is 1. The summed E-state index contributed by atoms with van der Waals surface area (Å²) in [5.74, 6) is -1.30. The van der Waals surface area contributed by atoms with Gasteiger partial charge in [0.1, 0.15) is 0 Å². The van der Waals surface area contributed by atoms with Crippen molar-refractivity contribution in [1.29, 1.82) is 0 Å². The van der Waals surface area contributed by atoms with Gasteiger partial charge < -0.3 is 10.2 Å². The second-order valence-corrected chi connectivity index (χ2v) is 5.36. The number of rotatable bonds is 5. The zero-order valence-electron chi connectivity index (χ0n) is 10.5. The zero-order valence-corrected chi connectivity index (χ0v) is 10.5. The molecule has 0 aromatic heterocycles. The Kier molecular flexibility index (Phi) is 4.02. The van der Waals surface area contributed by atoms with Gasteiger partial charge in [0.15, 0.2) is 0 Å². The van der Waals surface area contributed by atoms with Crippen molar-refractivity contribution in [3.8, 4) is 0 Å². The second-order valence-electron chi connectivity index (χ2n) is 5.36. The Hall–Kier alpha value is -1.35. The van der Waals surface area contributed by atoms with Crippen LogP contribution in [-0.4, -0.2) is 21.8 Å². The van der Waals surface area contributed by atoms with Crippen molar-refractivity contribution in [2.24, 2.45) is 5.92 Å². The number of benzene rings is 1. The summed E-state index contributed by atoms with van der Waals surface area (Å²) < 4.78 is 0. The average molecular weight is 248 g/mol. The van der Waals surface area contributed by atoms with Crippen LogP contribution >= 0.6 is 0 Å². The predicted octanol–water partition coefficient (Wildman–Crippen LogP) is 2.63. The number of hydrogen-bond donors (Lipinski definition) is 2. The number of carboxylic acid groups (broad SMARTS) is 1. The third kappa shape index (κ3) is 3.33. The van der Waals surface area contributed by atoms with Crippen LogP contribution in [0.1, 0.15) is 37.7 Å². The van der Waals surface area contributed by atoms with Crippen molar-refractivity contribution in [3.63, 3.8) is 0 Å². The fourth-order valence-electron chi connectivity index (χ4n) is 2.84. The molecule has 0 aliphatic heterocycles. The molecule has 1 unspecified atom stereocenters. The molecule has 1 aromatic carbocycles. The van der Waals surface area contributed by atoms with Gasteiger partial charge in [-0.2, -0.15) is 0 Å². The highest BCUT2D eigenvalue weighted by molar-refractivity contribution is 5.70. The van der Waals surface area contributed by atoms with E-state index in [4.69, 9.17) is 0 Å². The van der Waals surface area contributed by atoms with Gasteiger partial charge in [0.05, 0.1) is 11.5 Å². The van der Waals surface area contributed by atoms with E-state index in [-0.39, 0.29) is 0 Å². The molecule has 1 atom stereocenters. The Morgan fingerprint density at radius 1 is 1.22 bits per heavy atom. The number of aliphatic hydroxyl groups is 1. The molecule has 1 aromatic rings. The minimum Gasteiger partial charge on any atom is -0.481 e. The van der Waals surface area contributed by atoms with Crippen LogP contribution in [0.5, 0.6) is 0 Å². The summed E-state index contributed by atoms with van der Waals surface area (Å²) in [6.07, 6.45) is 4.37. The van der Waals surface area contributed by atoms with Crippen LogP contribution in [0.2, 0.25) is 0 Å². The van der Waals surface area contributed by atoms with Crippen molar-refractivity contribution in [2.45, 2.75) is 44.1 Å². The summed E-state index contributed by atoms with van der Waals surface area (Å²) in [6, 6.07) is 9.63. The quantitative estimate of drug-likeness (QED) is 0.842. The van der Waals surface area contributed by atoms with Crippen LogP contribution < -0.4 is 0 Å². The van der Waals surface area contributed by atoms with Gasteiger partial charge in [0.2, 0.25) is 0 Å². The van der Waals surface area contributed by atoms with Gasteiger partial charge in [-0.15, -0.1) is 0 Å². The molecule has 3 heteroatoms. The molecule has 0 saturated heterocycles. The highest BCUT2D eigenvalue weighted by Gasteiger charge is 2.36. The Morgan fingerprint density at radius 2 is 1.83 bits per heavy atom. The van der Waals surface area contributed by atoms with Gasteiger partial charge in [-0.3, -0.25) is 4.79 Å². The monoisotopic (exact) mass is 248 g/mol. The highest BCUT2D eigenvalue weighted by atomic mass is 16.4. The van der Waals surface area contributed by atoms with Crippen molar-refractivity contribution in [2.75, 3.05) is 0 Å². The first kappa shape index (κ1) is 13.1. The molecule has 1 aliphatic carbocycles. The minimum absolute atomic E-state index is 0.372. The Bertz CT molecular complexity index is 393. The van der Waals surface area contributed by atoms with Gasteiger partial charge >= 0.3 is 5.97 Å². The lowest BCUT2D eigenvalue weighted by atomic mass is 9.85. The van der Waals surface area contributed by atoms with Crippen LogP contribution in [-0.2, 0) is 11.2 Å². The minimum atomic E-state index is -0.806. The molecule has 1 aliphatic rings. The zero-order chi connectivity index (χ0) is 13.0. The molecule has 0 bridgehead atoms. The SMILES string of the molecule is O=C(O)C(Cc1ccccc1)CC1(O)CCCC1. The first-order chi connectivity index (χ1) is 8.59. The predicted molar refractivity (Wildman–Crippen MR) is 69.3 cm³/mol. The smallest absolute Gasteiger partial charge is 0.306 e. The van der Waals surface area contributed by atoms with Crippen LogP contribution in [0.3, 0.4) is 0 Å². The molecular formula is C15H20O3. The number of aliphatic carboxylic acids is 1. The summed E-state index contributed by atoms with van der Waals surface area (Å²) in [7, 11) is 0.